The van der Waals surface area contributed by atoms with Crippen LogP contribution in [0.1, 0.15) is 29.5 Å². The van der Waals surface area contributed by atoms with Crippen LogP contribution in [0.2, 0.25) is 0 Å². The number of rotatable bonds is 4. The van der Waals surface area contributed by atoms with Gasteiger partial charge in [0.25, 0.3) is 0 Å². The Morgan fingerprint density at radius 2 is 1.70 bits per heavy atom. The number of hydrogen-bond donors (Lipinski definition) is 2. The van der Waals surface area contributed by atoms with Gasteiger partial charge < -0.3 is 11.1 Å². The molecule has 3 nitrogen and oxygen atoms in total. The Morgan fingerprint density at radius 3 is 2.35 bits per heavy atom. The first-order valence-corrected chi connectivity index (χ1v) is 8.33. The van der Waals surface area contributed by atoms with Crippen molar-refractivity contribution in [2.75, 3.05) is 13.1 Å². The lowest BCUT2D eigenvalue weighted by atomic mass is 9.72. The van der Waals surface area contributed by atoms with Gasteiger partial charge in [0.15, 0.2) is 0 Å². The molecule has 23 heavy (non-hydrogen) atoms. The molecule has 1 fully saturated rings. The van der Waals surface area contributed by atoms with Gasteiger partial charge in [-0.15, -0.1) is 0 Å². The molecule has 3 N–H and O–H groups in total. The molecule has 2 aromatic carbocycles. The van der Waals surface area contributed by atoms with Crippen molar-refractivity contribution < 1.29 is 0 Å². The van der Waals surface area contributed by atoms with Gasteiger partial charge >= 0.3 is 0 Å². The Bertz CT molecular complexity index is 653. The number of amidine groups is 1. The minimum atomic E-state index is -0.128. The van der Waals surface area contributed by atoms with Crippen molar-refractivity contribution in [3.63, 3.8) is 0 Å². The SMILES string of the molecule is Cc1ccc(CN=C(N)C2(c3ccccc3)CCNCC2)cc1. The normalized spacial score (nSPS) is 17.9. The predicted octanol–water partition coefficient (Wildman–Crippen LogP) is 3.17. The van der Waals surface area contributed by atoms with E-state index >= 15 is 0 Å². The second-order valence-corrected chi connectivity index (χ2v) is 6.39. The van der Waals surface area contributed by atoms with Crippen molar-refractivity contribution in [3.05, 3.63) is 71.3 Å². The van der Waals surface area contributed by atoms with E-state index < -0.39 is 0 Å². The first kappa shape index (κ1) is 15.8. The fraction of sp³-hybridized carbons (Fsp3) is 0.350. The first-order valence-electron chi connectivity index (χ1n) is 8.33. The highest BCUT2D eigenvalue weighted by Crippen LogP contribution is 2.33. The highest BCUT2D eigenvalue weighted by atomic mass is 14.9. The lowest BCUT2D eigenvalue weighted by Gasteiger charge is -2.37. The lowest BCUT2D eigenvalue weighted by molar-refractivity contribution is 0.393. The second kappa shape index (κ2) is 6.97. The largest absolute Gasteiger partial charge is 0.387 e. The minimum Gasteiger partial charge on any atom is -0.387 e. The maximum atomic E-state index is 6.52. The molecular weight excluding hydrogens is 282 g/mol. The van der Waals surface area contributed by atoms with Gasteiger partial charge in [-0.2, -0.15) is 0 Å². The van der Waals surface area contributed by atoms with Crippen molar-refractivity contribution in [1.29, 1.82) is 0 Å². The predicted molar refractivity (Wildman–Crippen MR) is 96.7 cm³/mol. The molecule has 0 atom stereocenters. The van der Waals surface area contributed by atoms with Gasteiger partial charge in [0.2, 0.25) is 0 Å². The Labute approximate surface area is 138 Å². The standard InChI is InChI=1S/C20H25N3/c1-16-7-9-17(10-8-16)15-23-19(21)20(11-13-22-14-12-20)18-5-3-2-4-6-18/h2-10,22H,11-15H2,1H3,(H2,21,23). The topological polar surface area (TPSA) is 50.4 Å². The fourth-order valence-electron chi connectivity index (χ4n) is 3.32. The third-order valence-electron chi connectivity index (χ3n) is 4.83. The summed E-state index contributed by atoms with van der Waals surface area (Å²) in [5, 5.41) is 3.43. The number of nitrogens with two attached hydrogens (primary N) is 1. The zero-order valence-corrected chi connectivity index (χ0v) is 13.8. The quantitative estimate of drug-likeness (QED) is 0.673. The summed E-state index contributed by atoms with van der Waals surface area (Å²) in [7, 11) is 0. The van der Waals surface area contributed by atoms with Crippen molar-refractivity contribution >= 4 is 5.84 Å². The molecule has 0 amide bonds. The molecule has 1 saturated heterocycles. The molecule has 0 aromatic heterocycles. The summed E-state index contributed by atoms with van der Waals surface area (Å²) in [6.45, 7) is 4.71. The highest BCUT2D eigenvalue weighted by Gasteiger charge is 2.37. The second-order valence-electron chi connectivity index (χ2n) is 6.39. The lowest BCUT2D eigenvalue weighted by Crippen LogP contribution is -2.49. The number of aryl methyl sites for hydroxylation is 1. The van der Waals surface area contributed by atoms with Gasteiger partial charge in [0.05, 0.1) is 12.0 Å². The van der Waals surface area contributed by atoms with Crippen LogP contribution < -0.4 is 11.1 Å². The number of hydrogen-bond acceptors (Lipinski definition) is 2. The molecule has 1 aliphatic rings. The average Bonchev–Trinajstić information content (AvgIpc) is 2.62. The number of benzene rings is 2. The summed E-state index contributed by atoms with van der Waals surface area (Å²) in [6, 6.07) is 19.1. The minimum absolute atomic E-state index is 0.128. The first-order chi connectivity index (χ1) is 11.2. The molecule has 0 spiro atoms. The molecule has 0 radical (unpaired) electrons. The molecule has 0 unspecified atom stereocenters. The molecule has 3 heteroatoms. The van der Waals surface area contributed by atoms with Gasteiger partial charge in [-0.25, -0.2) is 0 Å². The van der Waals surface area contributed by atoms with Crippen molar-refractivity contribution in [3.8, 4) is 0 Å². The third-order valence-corrected chi connectivity index (χ3v) is 4.83. The number of nitrogens with one attached hydrogen (secondary N) is 1. The molecule has 2 aromatic rings. The van der Waals surface area contributed by atoms with Crippen LogP contribution in [0.25, 0.3) is 0 Å². The molecular formula is C20H25N3. The zero-order chi connectivity index (χ0) is 16.1. The van der Waals surface area contributed by atoms with E-state index in [1.807, 2.05) is 0 Å². The van der Waals surface area contributed by atoms with Gasteiger partial charge in [0.1, 0.15) is 5.84 Å². The molecule has 1 aliphatic heterocycles. The van der Waals surface area contributed by atoms with Gasteiger partial charge in [-0.3, -0.25) is 4.99 Å². The summed E-state index contributed by atoms with van der Waals surface area (Å²) in [6.07, 6.45) is 2.00. The monoisotopic (exact) mass is 307 g/mol. The Hall–Kier alpha value is -2.13. The molecule has 1 heterocycles. The number of nitrogens with zero attached hydrogens (tertiary/aromatic N) is 1. The Morgan fingerprint density at radius 1 is 1.04 bits per heavy atom. The van der Waals surface area contributed by atoms with Gasteiger partial charge in [-0.1, -0.05) is 60.2 Å². The summed E-state index contributed by atoms with van der Waals surface area (Å²) in [4.78, 5) is 4.76. The third kappa shape index (κ3) is 3.45. The maximum absolute atomic E-state index is 6.52. The summed E-state index contributed by atoms with van der Waals surface area (Å²) < 4.78 is 0. The van der Waals surface area contributed by atoms with E-state index in [1.165, 1.54) is 16.7 Å². The zero-order valence-electron chi connectivity index (χ0n) is 13.8. The van der Waals surface area contributed by atoms with E-state index in [-0.39, 0.29) is 5.41 Å². The molecule has 0 saturated carbocycles. The molecule has 3 rings (SSSR count). The Balaban J connectivity index is 1.87. The van der Waals surface area contributed by atoms with Crippen LogP contribution >= 0.6 is 0 Å². The van der Waals surface area contributed by atoms with Crippen LogP contribution in [0.5, 0.6) is 0 Å². The summed E-state index contributed by atoms with van der Waals surface area (Å²) >= 11 is 0. The average molecular weight is 307 g/mol. The Kier molecular flexibility index (Phi) is 4.77. The summed E-state index contributed by atoms with van der Waals surface area (Å²) in [5.41, 5.74) is 10.1. The number of aliphatic imine (C=N–C) groups is 1. The maximum Gasteiger partial charge on any atom is 0.105 e. The van der Waals surface area contributed by atoms with E-state index in [0.29, 0.717) is 6.54 Å². The smallest absolute Gasteiger partial charge is 0.105 e. The van der Waals surface area contributed by atoms with Crippen LogP contribution in [-0.2, 0) is 12.0 Å². The van der Waals surface area contributed by atoms with E-state index in [9.17, 15) is 0 Å². The highest BCUT2D eigenvalue weighted by molar-refractivity contribution is 5.92. The van der Waals surface area contributed by atoms with Crippen molar-refractivity contribution in [1.82, 2.24) is 5.32 Å². The van der Waals surface area contributed by atoms with Crippen LogP contribution in [0.15, 0.2) is 59.6 Å². The fourth-order valence-corrected chi connectivity index (χ4v) is 3.32. The van der Waals surface area contributed by atoms with E-state index in [1.54, 1.807) is 0 Å². The van der Waals surface area contributed by atoms with Crippen LogP contribution in [0.4, 0.5) is 0 Å². The van der Waals surface area contributed by atoms with Crippen molar-refractivity contribution in [2.45, 2.75) is 31.7 Å². The summed E-state index contributed by atoms with van der Waals surface area (Å²) in [5.74, 6) is 0.769. The van der Waals surface area contributed by atoms with E-state index in [4.69, 9.17) is 10.7 Å². The van der Waals surface area contributed by atoms with Gasteiger partial charge in [0, 0.05) is 0 Å². The molecule has 120 valence electrons. The van der Waals surface area contributed by atoms with E-state index in [2.05, 4.69) is 66.8 Å². The van der Waals surface area contributed by atoms with Crippen molar-refractivity contribution in [2.24, 2.45) is 10.7 Å². The molecule has 0 bridgehead atoms. The number of piperidine rings is 1. The van der Waals surface area contributed by atoms with Crippen LogP contribution in [0, 0.1) is 6.92 Å². The van der Waals surface area contributed by atoms with E-state index in [0.717, 1.165) is 31.8 Å². The molecule has 0 aliphatic carbocycles. The van der Waals surface area contributed by atoms with Gasteiger partial charge in [-0.05, 0) is 44.0 Å². The van der Waals surface area contributed by atoms with Crippen LogP contribution in [0.3, 0.4) is 0 Å². The van der Waals surface area contributed by atoms with Crippen LogP contribution in [-0.4, -0.2) is 18.9 Å².